The number of hydrogen-bond acceptors (Lipinski definition) is 4. The molecule has 0 spiro atoms. The van der Waals surface area contributed by atoms with E-state index in [4.69, 9.17) is 14.2 Å². The van der Waals surface area contributed by atoms with E-state index in [-0.39, 0.29) is 5.91 Å². The van der Waals surface area contributed by atoms with Gasteiger partial charge in [0.15, 0.2) is 18.0 Å². The summed E-state index contributed by atoms with van der Waals surface area (Å²) in [6.07, 6.45) is 6.35. The number of likely N-dealkylation sites (tertiary alicyclic amines) is 1. The van der Waals surface area contributed by atoms with Crippen LogP contribution >= 0.6 is 0 Å². The summed E-state index contributed by atoms with van der Waals surface area (Å²) in [6, 6.07) is 3.73. The minimum absolute atomic E-state index is 0.0873. The number of quaternary nitrogens is 1. The Kier molecular flexibility index (Phi) is 7.85. The standard InChI is InChI=1S/C19H30N2O4/c1-23-16-11-15(12-17(24-2)19(16)25-3)13-20-18(22)14-21-9-7-5-4-6-8-10-21/h11-12H,4-10,13-14H2,1-3H3,(H,20,22)/p+1. The second-order valence-electron chi connectivity index (χ2n) is 6.50. The minimum Gasteiger partial charge on any atom is -0.493 e. The lowest BCUT2D eigenvalue weighted by Crippen LogP contribution is -3.13. The fourth-order valence-electron chi connectivity index (χ4n) is 3.31. The second kappa shape index (κ2) is 10.1. The van der Waals surface area contributed by atoms with Crippen molar-refractivity contribution in [2.75, 3.05) is 41.0 Å². The molecule has 1 aliphatic rings. The van der Waals surface area contributed by atoms with Gasteiger partial charge in [0, 0.05) is 6.54 Å². The summed E-state index contributed by atoms with van der Waals surface area (Å²) < 4.78 is 16.0. The first-order chi connectivity index (χ1) is 12.2. The summed E-state index contributed by atoms with van der Waals surface area (Å²) >= 11 is 0. The lowest BCUT2D eigenvalue weighted by Gasteiger charge is -2.21. The van der Waals surface area contributed by atoms with Gasteiger partial charge in [0.1, 0.15) is 0 Å². The molecule has 6 nitrogen and oxygen atoms in total. The van der Waals surface area contributed by atoms with E-state index in [1.165, 1.54) is 37.0 Å². The lowest BCUT2D eigenvalue weighted by molar-refractivity contribution is -0.893. The van der Waals surface area contributed by atoms with Crippen LogP contribution in [0, 0.1) is 0 Å². The van der Waals surface area contributed by atoms with E-state index in [1.54, 1.807) is 21.3 Å². The van der Waals surface area contributed by atoms with Crippen molar-refractivity contribution in [2.45, 2.75) is 38.6 Å². The van der Waals surface area contributed by atoms with Crippen molar-refractivity contribution in [3.8, 4) is 17.2 Å². The number of amides is 1. The zero-order valence-electron chi connectivity index (χ0n) is 15.7. The van der Waals surface area contributed by atoms with Crippen molar-refractivity contribution in [3.63, 3.8) is 0 Å². The molecule has 140 valence electrons. The van der Waals surface area contributed by atoms with E-state index in [9.17, 15) is 4.79 Å². The second-order valence-corrected chi connectivity index (χ2v) is 6.50. The van der Waals surface area contributed by atoms with Crippen LogP contribution in [0.3, 0.4) is 0 Å². The van der Waals surface area contributed by atoms with Gasteiger partial charge in [-0.3, -0.25) is 4.79 Å². The fraction of sp³-hybridized carbons (Fsp3) is 0.632. The van der Waals surface area contributed by atoms with Gasteiger partial charge in [-0.1, -0.05) is 6.42 Å². The molecule has 1 heterocycles. The van der Waals surface area contributed by atoms with Crippen molar-refractivity contribution < 1.29 is 23.9 Å². The molecule has 6 heteroatoms. The van der Waals surface area contributed by atoms with Gasteiger partial charge in [0.2, 0.25) is 5.75 Å². The van der Waals surface area contributed by atoms with E-state index >= 15 is 0 Å². The third kappa shape index (κ3) is 5.81. The van der Waals surface area contributed by atoms with Gasteiger partial charge >= 0.3 is 0 Å². The smallest absolute Gasteiger partial charge is 0.275 e. The molecule has 0 atom stereocenters. The predicted molar refractivity (Wildman–Crippen MR) is 96.6 cm³/mol. The van der Waals surface area contributed by atoms with Crippen molar-refractivity contribution in [1.29, 1.82) is 0 Å². The number of rotatable bonds is 7. The maximum absolute atomic E-state index is 12.3. The molecule has 0 aliphatic carbocycles. The molecule has 1 aromatic rings. The highest BCUT2D eigenvalue weighted by atomic mass is 16.5. The molecule has 1 amide bonds. The first kappa shape index (κ1) is 19.4. The molecule has 1 aliphatic heterocycles. The molecule has 2 rings (SSSR count). The van der Waals surface area contributed by atoms with Crippen LogP contribution < -0.4 is 24.4 Å². The van der Waals surface area contributed by atoms with Gasteiger partial charge in [0.05, 0.1) is 34.4 Å². The normalized spacial score (nSPS) is 15.8. The van der Waals surface area contributed by atoms with E-state index in [1.807, 2.05) is 12.1 Å². The van der Waals surface area contributed by atoms with Crippen LogP contribution in [0.15, 0.2) is 12.1 Å². The van der Waals surface area contributed by atoms with Crippen LogP contribution in [-0.2, 0) is 11.3 Å². The van der Waals surface area contributed by atoms with Gasteiger partial charge in [0.25, 0.3) is 5.91 Å². The fourth-order valence-corrected chi connectivity index (χ4v) is 3.31. The van der Waals surface area contributed by atoms with Gasteiger partial charge in [-0.05, 0) is 43.4 Å². The SMILES string of the molecule is COc1cc(CNC(=O)C[NH+]2CCCCCCC2)cc(OC)c1OC. The molecule has 0 saturated carbocycles. The number of benzene rings is 1. The topological polar surface area (TPSA) is 61.2 Å². The molecule has 25 heavy (non-hydrogen) atoms. The Morgan fingerprint density at radius 3 is 2.04 bits per heavy atom. The molecule has 0 bridgehead atoms. The Labute approximate surface area is 150 Å². The van der Waals surface area contributed by atoms with Crippen LogP contribution in [0.25, 0.3) is 0 Å². The van der Waals surface area contributed by atoms with Gasteiger partial charge in [-0.15, -0.1) is 0 Å². The minimum atomic E-state index is 0.0873. The predicted octanol–water partition coefficient (Wildman–Crippen LogP) is 1.18. The maximum Gasteiger partial charge on any atom is 0.275 e. The summed E-state index contributed by atoms with van der Waals surface area (Å²) in [6.45, 7) is 3.18. The summed E-state index contributed by atoms with van der Waals surface area (Å²) in [7, 11) is 4.75. The molecule has 0 unspecified atom stereocenters. The molecule has 2 N–H and O–H groups in total. The highest BCUT2D eigenvalue weighted by Crippen LogP contribution is 2.38. The molecular formula is C19H31N2O4+. The van der Waals surface area contributed by atoms with Crippen molar-refractivity contribution in [1.82, 2.24) is 5.32 Å². The van der Waals surface area contributed by atoms with Crippen LogP contribution in [-0.4, -0.2) is 46.9 Å². The van der Waals surface area contributed by atoms with E-state index < -0.39 is 0 Å². The summed E-state index contributed by atoms with van der Waals surface area (Å²) in [4.78, 5) is 13.7. The van der Waals surface area contributed by atoms with Gasteiger partial charge < -0.3 is 24.4 Å². The third-order valence-corrected chi connectivity index (χ3v) is 4.69. The molecular weight excluding hydrogens is 320 g/mol. The van der Waals surface area contributed by atoms with Crippen LogP contribution in [0.5, 0.6) is 17.2 Å². The average Bonchev–Trinajstić information content (AvgIpc) is 2.61. The lowest BCUT2D eigenvalue weighted by atomic mass is 10.1. The van der Waals surface area contributed by atoms with E-state index in [2.05, 4.69) is 5.32 Å². The zero-order valence-corrected chi connectivity index (χ0v) is 15.7. The number of methoxy groups -OCH3 is 3. The van der Waals surface area contributed by atoms with E-state index in [0.29, 0.717) is 30.3 Å². The number of hydrogen-bond donors (Lipinski definition) is 2. The monoisotopic (exact) mass is 351 g/mol. The zero-order chi connectivity index (χ0) is 18.1. The quantitative estimate of drug-likeness (QED) is 0.774. The number of carbonyl (C=O) groups is 1. The van der Waals surface area contributed by atoms with Crippen LogP contribution in [0.2, 0.25) is 0 Å². The van der Waals surface area contributed by atoms with Crippen molar-refractivity contribution in [3.05, 3.63) is 17.7 Å². The third-order valence-electron chi connectivity index (χ3n) is 4.69. The molecule has 1 saturated heterocycles. The number of carbonyl (C=O) groups excluding carboxylic acids is 1. The van der Waals surface area contributed by atoms with E-state index in [0.717, 1.165) is 18.7 Å². The van der Waals surface area contributed by atoms with Gasteiger partial charge in [-0.2, -0.15) is 0 Å². The Balaban J connectivity index is 1.92. The molecule has 0 aromatic heterocycles. The first-order valence-electron chi connectivity index (χ1n) is 9.07. The summed E-state index contributed by atoms with van der Waals surface area (Å²) in [5, 5.41) is 3.01. The Morgan fingerprint density at radius 1 is 0.960 bits per heavy atom. The maximum atomic E-state index is 12.3. The Hall–Kier alpha value is -1.95. The van der Waals surface area contributed by atoms with Crippen LogP contribution in [0.4, 0.5) is 0 Å². The number of ether oxygens (including phenoxy) is 3. The highest BCUT2D eigenvalue weighted by molar-refractivity contribution is 5.76. The van der Waals surface area contributed by atoms with Crippen molar-refractivity contribution in [2.24, 2.45) is 0 Å². The first-order valence-corrected chi connectivity index (χ1v) is 9.07. The average molecular weight is 351 g/mol. The van der Waals surface area contributed by atoms with Crippen molar-refractivity contribution >= 4 is 5.91 Å². The largest absolute Gasteiger partial charge is 0.493 e. The van der Waals surface area contributed by atoms with Crippen LogP contribution in [0.1, 0.15) is 37.7 Å². The molecule has 1 fully saturated rings. The Bertz CT molecular complexity index is 529. The Morgan fingerprint density at radius 2 is 1.52 bits per heavy atom. The summed E-state index contributed by atoms with van der Waals surface area (Å²) in [5.74, 6) is 1.84. The summed E-state index contributed by atoms with van der Waals surface area (Å²) in [5.41, 5.74) is 0.922. The highest BCUT2D eigenvalue weighted by Gasteiger charge is 2.17. The molecule has 1 aromatic carbocycles. The van der Waals surface area contributed by atoms with Gasteiger partial charge in [-0.25, -0.2) is 0 Å². The molecule has 0 radical (unpaired) electrons. The number of nitrogens with one attached hydrogen (secondary N) is 2.